The van der Waals surface area contributed by atoms with E-state index in [1.807, 2.05) is 42.3 Å². The van der Waals surface area contributed by atoms with Gasteiger partial charge in [-0.25, -0.2) is 0 Å². The second kappa shape index (κ2) is 7.86. The molecule has 2 fully saturated rings. The highest BCUT2D eigenvalue weighted by atomic mass is 16.5. The molecule has 1 aromatic carbocycles. The lowest BCUT2D eigenvalue weighted by Crippen LogP contribution is -2.38. The maximum atomic E-state index is 13.3. The predicted molar refractivity (Wildman–Crippen MR) is 106 cm³/mol. The van der Waals surface area contributed by atoms with Crippen LogP contribution in [0.25, 0.3) is 0 Å². The van der Waals surface area contributed by atoms with Gasteiger partial charge in [-0.1, -0.05) is 6.42 Å². The number of benzene rings is 1. The van der Waals surface area contributed by atoms with E-state index in [0.29, 0.717) is 18.4 Å². The molecule has 4 rings (SSSR count). The van der Waals surface area contributed by atoms with Crippen LogP contribution < -0.4 is 9.47 Å². The van der Waals surface area contributed by atoms with Crippen molar-refractivity contribution < 1.29 is 14.3 Å². The average Bonchev–Trinajstić information content (AvgIpc) is 3.36. The second-order valence-corrected chi connectivity index (χ2v) is 8.09. The van der Waals surface area contributed by atoms with Gasteiger partial charge in [0, 0.05) is 43.9 Å². The largest absolute Gasteiger partial charge is 0.497 e. The first kappa shape index (κ1) is 18.8. The van der Waals surface area contributed by atoms with Crippen LogP contribution in [0.1, 0.15) is 42.7 Å². The molecule has 28 heavy (non-hydrogen) atoms. The number of carbonyl (C=O) groups excluding carboxylic acids is 1. The first-order valence-electron chi connectivity index (χ1n) is 10.1. The summed E-state index contributed by atoms with van der Waals surface area (Å²) in [5, 5.41) is 4.26. The molecular weight excluding hydrogens is 354 g/mol. The van der Waals surface area contributed by atoms with E-state index in [1.54, 1.807) is 14.2 Å². The first-order valence-corrected chi connectivity index (χ1v) is 10.1. The van der Waals surface area contributed by atoms with Crippen molar-refractivity contribution in [1.29, 1.82) is 0 Å². The fourth-order valence-corrected chi connectivity index (χ4v) is 4.11. The van der Waals surface area contributed by atoms with Gasteiger partial charge in [-0.2, -0.15) is 5.10 Å². The Kier molecular flexibility index (Phi) is 5.29. The maximum Gasteiger partial charge on any atom is 0.226 e. The third kappa shape index (κ3) is 3.86. The summed E-state index contributed by atoms with van der Waals surface area (Å²) in [7, 11) is 5.23. The lowest BCUT2D eigenvalue weighted by Gasteiger charge is -2.33. The van der Waals surface area contributed by atoms with Crippen molar-refractivity contribution in [3.8, 4) is 11.5 Å². The van der Waals surface area contributed by atoms with E-state index in [2.05, 4.69) is 10.00 Å². The van der Waals surface area contributed by atoms with Gasteiger partial charge < -0.3 is 14.4 Å². The SMILES string of the molecule is COc1ccc(CN(CC2CCC2)C(=O)[C@@H]2C[C@H]2c2cnn(C)c2)c(OC)c1. The molecule has 0 aliphatic heterocycles. The summed E-state index contributed by atoms with van der Waals surface area (Å²) in [6.45, 7) is 1.42. The van der Waals surface area contributed by atoms with Crippen molar-refractivity contribution >= 4 is 5.91 Å². The zero-order valence-corrected chi connectivity index (χ0v) is 16.9. The topological polar surface area (TPSA) is 56.6 Å². The first-order chi connectivity index (χ1) is 13.6. The molecule has 1 amide bonds. The van der Waals surface area contributed by atoms with Crippen LogP contribution in [0.15, 0.2) is 30.6 Å². The summed E-state index contributed by atoms with van der Waals surface area (Å²) >= 11 is 0. The van der Waals surface area contributed by atoms with E-state index in [4.69, 9.17) is 9.47 Å². The fraction of sp³-hybridized carbons (Fsp3) is 0.545. The summed E-state index contributed by atoms with van der Waals surface area (Å²) in [6.07, 6.45) is 8.56. The van der Waals surface area contributed by atoms with Crippen LogP contribution in [-0.4, -0.2) is 41.4 Å². The van der Waals surface area contributed by atoms with E-state index in [9.17, 15) is 4.79 Å². The van der Waals surface area contributed by atoms with Gasteiger partial charge in [-0.05, 0) is 48.8 Å². The lowest BCUT2D eigenvalue weighted by molar-refractivity contribution is -0.134. The number of ether oxygens (including phenoxy) is 2. The Hall–Kier alpha value is -2.50. The zero-order chi connectivity index (χ0) is 19.7. The molecule has 6 heteroatoms. The Labute approximate surface area is 166 Å². The Morgan fingerprint density at radius 2 is 2.11 bits per heavy atom. The molecule has 0 spiro atoms. The summed E-state index contributed by atoms with van der Waals surface area (Å²) in [6, 6.07) is 5.82. The van der Waals surface area contributed by atoms with Crippen LogP contribution in [0.5, 0.6) is 11.5 Å². The van der Waals surface area contributed by atoms with E-state index in [0.717, 1.165) is 30.0 Å². The summed E-state index contributed by atoms with van der Waals surface area (Å²) in [5.41, 5.74) is 2.20. The number of carbonyl (C=O) groups is 1. The Morgan fingerprint density at radius 3 is 2.71 bits per heavy atom. The number of amides is 1. The third-order valence-electron chi connectivity index (χ3n) is 6.13. The van der Waals surface area contributed by atoms with E-state index in [-0.39, 0.29) is 11.8 Å². The van der Waals surface area contributed by atoms with Crippen LogP contribution in [0.3, 0.4) is 0 Å². The van der Waals surface area contributed by atoms with E-state index >= 15 is 0 Å². The molecule has 0 unspecified atom stereocenters. The fourth-order valence-electron chi connectivity index (χ4n) is 4.11. The number of aryl methyl sites for hydroxylation is 1. The number of methoxy groups -OCH3 is 2. The molecule has 0 N–H and O–H groups in total. The number of hydrogen-bond donors (Lipinski definition) is 0. The molecule has 2 aliphatic rings. The second-order valence-electron chi connectivity index (χ2n) is 8.09. The van der Waals surface area contributed by atoms with Crippen LogP contribution in [0.4, 0.5) is 0 Å². The van der Waals surface area contributed by atoms with Gasteiger partial charge in [0.25, 0.3) is 0 Å². The number of nitrogens with zero attached hydrogens (tertiary/aromatic N) is 3. The van der Waals surface area contributed by atoms with Crippen LogP contribution >= 0.6 is 0 Å². The Bertz CT molecular complexity index is 843. The van der Waals surface area contributed by atoms with Crippen LogP contribution in [0.2, 0.25) is 0 Å². The van der Waals surface area contributed by atoms with Crippen LogP contribution in [0, 0.1) is 11.8 Å². The minimum Gasteiger partial charge on any atom is -0.497 e. The standard InChI is InChI=1S/C22H29N3O3/c1-24-13-17(11-23-24)19-10-20(19)22(26)25(12-15-5-4-6-15)14-16-7-8-18(27-2)9-21(16)28-3/h7-9,11,13,15,19-20H,4-6,10,12,14H2,1-3H3/t19-,20+/m0/s1. The molecular formula is C22H29N3O3. The Balaban J connectivity index is 1.50. The van der Waals surface area contributed by atoms with Crippen molar-refractivity contribution in [1.82, 2.24) is 14.7 Å². The van der Waals surface area contributed by atoms with Gasteiger partial charge >= 0.3 is 0 Å². The smallest absolute Gasteiger partial charge is 0.226 e. The summed E-state index contributed by atoms with van der Waals surface area (Å²) < 4.78 is 12.7. The summed E-state index contributed by atoms with van der Waals surface area (Å²) in [4.78, 5) is 15.4. The molecule has 2 aliphatic carbocycles. The molecule has 2 saturated carbocycles. The van der Waals surface area contributed by atoms with Crippen LogP contribution in [-0.2, 0) is 18.4 Å². The van der Waals surface area contributed by atoms with Gasteiger partial charge in [0.1, 0.15) is 11.5 Å². The maximum absolute atomic E-state index is 13.3. The molecule has 2 aromatic rings. The molecule has 2 atom stereocenters. The highest BCUT2D eigenvalue weighted by Gasteiger charge is 2.46. The van der Waals surface area contributed by atoms with E-state index < -0.39 is 0 Å². The number of rotatable bonds is 8. The van der Waals surface area contributed by atoms with Crippen molar-refractivity contribution in [2.45, 2.75) is 38.1 Å². The van der Waals surface area contributed by atoms with Crippen molar-refractivity contribution in [2.24, 2.45) is 18.9 Å². The summed E-state index contributed by atoms with van der Waals surface area (Å²) in [5.74, 6) is 2.81. The van der Waals surface area contributed by atoms with E-state index in [1.165, 1.54) is 24.8 Å². The molecule has 0 saturated heterocycles. The van der Waals surface area contributed by atoms with Gasteiger partial charge in [-0.3, -0.25) is 9.48 Å². The van der Waals surface area contributed by atoms with Crippen molar-refractivity contribution in [3.05, 3.63) is 41.7 Å². The van der Waals surface area contributed by atoms with Gasteiger partial charge in [0.05, 0.1) is 20.4 Å². The van der Waals surface area contributed by atoms with Crippen molar-refractivity contribution in [3.63, 3.8) is 0 Å². The minimum atomic E-state index is 0.0773. The minimum absolute atomic E-state index is 0.0773. The van der Waals surface area contributed by atoms with Gasteiger partial charge in [-0.15, -0.1) is 0 Å². The predicted octanol–water partition coefficient (Wildman–Crippen LogP) is 3.37. The monoisotopic (exact) mass is 383 g/mol. The van der Waals surface area contributed by atoms with Gasteiger partial charge in [0.2, 0.25) is 5.91 Å². The third-order valence-corrected chi connectivity index (χ3v) is 6.13. The lowest BCUT2D eigenvalue weighted by atomic mass is 9.85. The molecule has 0 radical (unpaired) electrons. The molecule has 1 aromatic heterocycles. The number of hydrogen-bond acceptors (Lipinski definition) is 4. The van der Waals surface area contributed by atoms with Gasteiger partial charge in [0.15, 0.2) is 0 Å². The molecule has 1 heterocycles. The normalized spacial score (nSPS) is 21.1. The molecule has 0 bridgehead atoms. The molecule has 6 nitrogen and oxygen atoms in total. The highest BCUT2D eigenvalue weighted by molar-refractivity contribution is 5.83. The quantitative estimate of drug-likeness (QED) is 0.701. The van der Waals surface area contributed by atoms with Crippen molar-refractivity contribution in [2.75, 3.05) is 20.8 Å². The number of aromatic nitrogens is 2. The average molecular weight is 383 g/mol. The zero-order valence-electron chi connectivity index (χ0n) is 16.9. The highest BCUT2D eigenvalue weighted by Crippen LogP contribution is 2.48. The Morgan fingerprint density at radius 1 is 1.29 bits per heavy atom. The molecule has 150 valence electrons.